The lowest BCUT2D eigenvalue weighted by atomic mass is 10.1. The molecule has 0 aliphatic carbocycles. The molecule has 0 unspecified atom stereocenters. The molecule has 23 heavy (non-hydrogen) atoms. The number of primary amides is 1. The van der Waals surface area contributed by atoms with Gasteiger partial charge in [-0.25, -0.2) is 9.97 Å². The largest absolute Gasteiger partial charge is 0.478 e. The first kappa shape index (κ1) is 14.8. The highest BCUT2D eigenvalue weighted by Crippen LogP contribution is 2.25. The van der Waals surface area contributed by atoms with Gasteiger partial charge in [0.25, 0.3) is 0 Å². The molecule has 0 spiro atoms. The van der Waals surface area contributed by atoms with Crippen LogP contribution in [0.3, 0.4) is 0 Å². The van der Waals surface area contributed by atoms with Crippen LogP contribution in [0.2, 0.25) is 0 Å². The van der Waals surface area contributed by atoms with Crippen LogP contribution in [0.15, 0.2) is 42.9 Å². The van der Waals surface area contributed by atoms with Gasteiger partial charge in [0.05, 0.1) is 6.61 Å². The first-order valence-corrected chi connectivity index (χ1v) is 7.21. The van der Waals surface area contributed by atoms with Crippen LogP contribution in [0.5, 0.6) is 5.88 Å². The molecule has 0 radical (unpaired) electrons. The Hall–Kier alpha value is -3.15. The Bertz CT molecular complexity index is 866. The number of fused-ring (bicyclic) bond motifs is 1. The summed E-state index contributed by atoms with van der Waals surface area (Å²) < 4.78 is 5.34. The number of nitrogens with one attached hydrogen (secondary N) is 1. The summed E-state index contributed by atoms with van der Waals surface area (Å²) in [7, 11) is 0. The van der Waals surface area contributed by atoms with Crippen molar-refractivity contribution in [2.24, 2.45) is 5.73 Å². The summed E-state index contributed by atoms with van der Waals surface area (Å²) in [5, 5.41) is 0.911. The average molecular weight is 308 g/mol. The summed E-state index contributed by atoms with van der Waals surface area (Å²) >= 11 is 0. The zero-order valence-electron chi connectivity index (χ0n) is 12.6. The number of nitrogens with zero attached hydrogens (tertiary/aromatic N) is 2. The third kappa shape index (κ3) is 3.21. The van der Waals surface area contributed by atoms with E-state index in [9.17, 15) is 4.79 Å². The highest BCUT2D eigenvalue weighted by molar-refractivity contribution is 5.95. The smallest absolute Gasteiger partial charge is 0.241 e. The molecule has 3 N–H and O–H groups in total. The summed E-state index contributed by atoms with van der Waals surface area (Å²) in [6, 6.07) is 5.76. The number of H-pyrrole nitrogens is 1. The van der Waals surface area contributed by atoms with Gasteiger partial charge in [-0.3, -0.25) is 4.79 Å². The Labute approximate surface area is 133 Å². The molecule has 3 rings (SSSR count). The van der Waals surface area contributed by atoms with E-state index in [1.54, 1.807) is 24.7 Å². The number of amides is 1. The molecule has 0 saturated carbocycles. The lowest BCUT2D eigenvalue weighted by Gasteiger charge is -2.04. The van der Waals surface area contributed by atoms with Crippen molar-refractivity contribution in [1.29, 1.82) is 0 Å². The number of hydrogen-bond acceptors (Lipinski definition) is 4. The molecule has 6 nitrogen and oxygen atoms in total. The van der Waals surface area contributed by atoms with Crippen LogP contribution >= 0.6 is 0 Å². The normalized spacial score (nSPS) is 11.2. The van der Waals surface area contributed by atoms with Crippen molar-refractivity contribution in [3.63, 3.8) is 0 Å². The van der Waals surface area contributed by atoms with Crippen LogP contribution in [-0.4, -0.2) is 27.5 Å². The highest BCUT2D eigenvalue weighted by Gasteiger charge is 2.06. The van der Waals surface area contributed by atoms with E-state index in [-0.39, 0.29) is 0 Å². The predicted molar refractivity (Wildman–Crippen MR) is 88.7 cm³/mol. The Balaban J connectivity index is 1.98. The fourth-order valence-corrected chi connectivity index (χ4v) is 2.28. The van der Waals surface area contributed by atoms with Crippen LogP contribution in [0, 0.1) is 0 Å². The van der Waals surface area contributed by atoms with Crippen LogP contribution in [0.1, 0.15) is 12.5 Å². The van der Waals surface area contributed by atoms with Crippen molar-refractivity contribution in [2.75, 3.05) is 6.61 Å². The van der Waals surface area contributed by atoms with Gasteiger partial charge in [-0.15, -0.1) is 0 Å². The third-order valence-electron chi connectivity index (χ3n) is 3.35. The van der Waals surface area contributed by atoms with Crippen molar-refractivity contribution >= 4 is 23.0 Å². The second kappa shape index (κ2) is 6.31. The van der Waals surface area contributed by atoms with Crippen molar-refractivity contribution in [3.8, 4) is 17.0 Å². The number of nitrogens with two attached hydrogens (primary N) is 1. The molecule has 0 atom stereocenters. The van der Waals surface area contributed by atoms with E-state index >= 15 is 0 Å². The first-order valence-electron chi connectivity index (χ1n) is 7.21. The molecular formula is C17H16N4O2. The second-order valence-electron chi connectivity index (χ2n) is 4.92. The maximum absolute atomic E-state index is 10.9. The van der Waals surface area contributed by atoms with Gasteiger partial charge < -0.3 is 15.5 Å². The SMILES string of the molecule is CCOc1ccc(-c2cnc3[nH]cc(/C=C/C(N)=O)c3c2)cn1. The Morgan fingerprint density at radius 1 is 1.30 bits per heavy atom. The summed E-state index contributed by atoms with van der Waals surface area (Å²) in [4.78, 5) is 22.6. The minimum Gasteiger partial charge on any atom is -0.478 e. The van der Waals surface area contributed by atoms with Gasteiger partial charge >= 0.3 is 0 Å². The summed E-state index contributed by atoms with van der Waals surface area (Å²) in [6.07, 6.45) is 8.31. The lowest BCUT2D eigenvalue weighted by molar-refractivity contribution is -0.113. The maximum atomic E-state index is 10.9. The monoisotopic (exact) mass is 308 g/mol. The molecule has 0 aromatic carbocycles. The van der Waals surface area contributed by atoms with Crippen molar-refractivity contribution in [1.82, 2.24) is 15.0 Å². The minimum absolute atomic E-state index is 0.487. The molecule has 3 heterocycles. The van der Waals surface area contributed by atoms with E-state index in [4.69, 9.17) is 10.5 Å². The number of aromatic amines is 1. The molecule has 0 fully saturated rings. The topological polar surface area (TPSA) is 93.9 Å². The number of carbonyl (C=O) groups is 1. The fourth-order valence-electron chi connectivity index (χ4n) is 2.28. The second-order valence-corrected chi connectivity index (χ2v) is 4.92. The highest BCUT2D eigenvalue weighted by atomic mass is 16.5. The maximum Gasteiger partial charge on any atom is 0.241 e. The molecule has 0 saturated heterocycles. The van der Waals surface area contributed by atoms with E-state index in [1.165, 1.54) is 6.08 Å². The van der Waals surface area contributed by atoms with Gasteiger partial charge in [-0.2, -0.15) is 0 Å². The lowest BCUT2D eigenvalue weighted by Crippen LogP contribution is -2.04. The van der Waals surface area contributed by atoms with E-state index in [0.717, 1.165) is 27.7 Å². The van der Waals surface area contributed by atoms with Crippen LogP contribution in [0.25, 0.3) is 28.2 Å². The zero-order chi connectivity index (χ0) is 16.2. The molecular weight excluding hydrogens is 292 g/mol. The number of rotatable bonds is 5. The van der Waals surface area contributed by atoms with Gasteiger partial charge in [-0.05, 0) is 25.1 Å². The van der Waals surface area contributed by atoms with E-state index in [2.05, 4.69) is 15.0 Å². The van der Waals surface area contributed by atoms with Gasteiger partial charge in [0.1, 0.15) is 5.65 Å². The quantitative estimate of drug-likeness (QED) is 0.708. The first-order chi connectivity index (χ1) is 11.2. The summed E-state index contributed by atoms with van der Waals surface area (Å²) in [5.41, 5.74) is 8.61. The molecule has 3 aromatic rings. The van der Waals surface area contributed by atoms with E-state index in [0.29, 0.717) is 12.5 Å². The molecule has 6 heteroatoms. The molecule has 0 aliphatic rings. The summed E-state index contributed by atoms with van der Waals surface area (Å²) in [5.74, 6) is 0.108. The van der Waals surface area contributed by atoms with E-state index in [1.807, 2.05) is 25.1 Å². The number of carbonyl (C=O) groups excluding carboxylic acids is 1. The summed E-state index contributed by atoms with van der Waals surface area (Å²) in [6.45, 7) is 2.50. The predicted octanol–water partition coefficient (Wildman–Crippen LogP) is 2.52. The van der Waals surface area contributed by atoms with Crippen LogP contribution in [0.4, 0.5) is 0 Å². The Morgan fingerprint density at radius 2 is 2.13 bits per heavy atom. The van der Waals surface area contributed by atoms with Gasteiger partial charge in [0.2, 0.25) is 11.8 Å². The Kier molecular flexibility index (Phi) is 4.05. The van der Waals surface area contributed by atoms with Crippen LogP contribution in [-0.2, 0) is 4.79 Å². The van der Waals surface area contributed by atoms with Crippen molar-refractivity contribution in [2.45, 2.75) is 6.92 Å². The molecule has 1 amide bonds. The Morgan fingerprint density at radius 3 is 2.83 bits per heavy atom. The van der Waals surface area contributed by atoms with Crippen molar-refractivity contribution in [3.05, 3.63) is 48.4 Å². The number of aromatic nitrogens is 3. The van der Waals surface area contributed by atoms with Crippen molar-refractivity contribution < 1.29 is 9.53 Å². The molecule has 3 aromatic heterocycles. The van der Waals surface area contributed by atoms with E-state index < -0.39 is 5.91 Å². The molecule has 0 bridgehead atoms. The molecule has 0 aliphatic heterocycles. The number of ether oxygens (including phenoxy) is 1. The minimum atomic E-state index is -0.487. The third-order valence-corrected chi connectivity index (χ3v) is 3.35. The number of hydrogen-bond donors (Lipinski definition) is 2. The fraction of sp³-hybridized carbons (Fsp3) is 0.118. The molecule has 116 valence electrons. The van der Waals surface area contributed by atoms with Gasteiger partial charge in [-0.1, -0.05) is 0 Å². The van der Waals surface area contributed by atoms with Gasteiger partial charge in [0.15, 0.2) is 0 Å². The van der Waals surface area contributed by atoms with Crippen LogP contribution < -0.4 is 10.5 Å². The number of pyridine rings is 2. The zero-order valence-corrected chi connectivity index (χ0v) is 12.6. The van der Waals surface area contributed by atoms with Gasteiger partial charge in [0, 0.05) is 52.8 Å². The standard InChI is InChI=1S/C17H16N4O2/c1-2-23-16-6-4-11(8-19-16)13-7-14-12(3-5-15(18)22)9-20-17(14)21-10-13/h3-10H,2H2,1H3,(H2,18,22)(H,20,21)/b5-3+. The average Bonchev–Trinajstić information content (AvgIpc) is 2.96.